The second-order valence-electron chi connectivity index (χ2n) is 4.24. The Kier molecular flexibility index (Phi) is 5.36. The molecule has 0 spiro atoms. The molecule has 0 aromatic heterocycles. The molecule has 1 N–H and O–H groups in total. The van der Waals surface area contributed by atoms with Crippen molar-refractivity contribution >= 4 is 26.9 Å². The monoisotopic (exact) mass is 268 g/mol. The van der Waals surface area contributed by atoms with Gasteiger partial charge in [0, 0.05) is 6.00 Å². The number of ether oxygens (including phenoxy) is 2. The fourth-order valence-electron chi connectivity index (χ4n) is 1.64. The van der Waals surface area contributed by atoms with Crippen molar-refractivity contribution in [1.29, 1.82) is 0 Å². The predicted molar refractivity (Wildman–Crippen MR) is 66.6 cm³/mol. The highest BCUT2D eigenvalue weighted by Gasteiger charge is 2.37. The molecule has 4 unspecified atom stereocenters. The Bertz CT molecular complexity index is 271. The van der Waals surface area contributed by atoms with Gasteiger partial charge in [-0.3, -0.25) is 4.52 Å². The van der Waals surface area contributed by atoms with Crippen molar-refractivity contribution in [2.75, 3.05) is 6.61 Å². The zero-order valence-corrected chi connectivity index (χ0v) is 11.5. The van der Waals surface area contributed by atoms with Crippen LogP contribution in [0.4, 0.5) is 0 Å². The number of rotatable bonds is 5. The largest absolute Gasteiger partial charge is 0.383 e. The molecule has 5 nitrogen and oxygen atoms in total. The van der Waals surface area contributed by atoms with E-state index in [-0.39, 0.29) is 18.2 Å². The molecule has 0 aliphatic carbocycles. The van der Waals surface area contributed by atoms with Crippen LogP contribution in [0.3, 0.4) is 0 Å². The molecule has 4 atom stereocenters. The van der Waals surface area contributed by atoms with Crippen LogP contribution >= 0.6 is 19.0 Å². The van der Waals surface area contributed by atoms with E-state index in [4.69, 9.17) is 18.9 Å². The molecule has 1 heterocycles. The zero-order valence-electron chi connectivity index (χ0n) is 9.70. The first-order valence-electron chi connectivity index (χ1n) is 5.29. The van der Waals surface area contributed by atoms with E-state index < -0.39 is 12.9 Å². The topological polar surface area (TPSA) is 65.0 Å². The average Bonchev–Trinajstić information content (AvgIpc) is 2.39. The summed E-state index contributed by atoms with van der Waals surface area (Å²) < 4.78 is 27.0. The van der Waals surface area contributed by atoms with Crippen molar-refractivity contribution < 1.29 is 23.5 Å². The van der Waals surface area contributed by atoms with Crippen LogP contribution in [0.2, 0.25) is 0 Å². The molecule has 8 heteroatoms. The SMILES string of the molecule is BC1CC(OP(=O)(O)S)C(COC(C)C)O1. The summed E-state index contributed by atoms with van der Waals surface area (Å²) in [5.41, 5.74) is 0. The van der Waals surface area contributed by atoms with Crippen LogP contribution in [0, 0.1) is 0 Å². The first-order valence-corrected chi connectivity index (χ1v) is 8.02. The lowest BCUT2D eigenvalue weighted by Gasteiger charge is -2.20. The number of hydrogen-bond acceptors (Lipinski definition) is 4. The molecule has 0 aromatic carbocycles. The molecule has 0 aromatic rings. The van der Waals surface area contributed by atoms with Gasteiger partial charge in [0.1, 0.15) is 14.0 Å². The molecular formula is C8H18BO5PS. The first kappa shape index (κ1) is 14.5. The van der Waals surface area contributed by atoms with Crippen LogP contribution in [-0.4, -0.2) is 43.7 Å². The van der Waals surface area contributed by atoms with Gasteiger partial charge in [-0.25, -0.2) is 4.57 Å². The Morgan fingerprint density at radius 3 is 2.81 bits per heavy atom. The molecule has 1 fully saturated rings. The van der Waals surface area contributed by atoms with Gasteiger partial charge < -0.3 is 14.4 Å². The molecule has 1 rings (SSSR count). The van der Waals surface area contributed by atoms with E-state index in [1.54, 1.807) is 0 Å². The molecule has 0 bridgehead atoms. The second kappa shape index (κ2) is 5.89. The Morgan fingerprint density at radius 2 is 2.31 bits per heavy atom. The third-order valence-electron chi connectivity index (χ3n) is 2.25. The van der Waals surface area contributed by atoms with E-state index in [9.17, 15) is 4.57 Å². The fraction of sp³-hybridized carbons (Fsp3) is 1.00. The Morgan fingerprint density at radius 1 is 1.69 bits per heavy atom. The van der Waals surface area contributed by atoms with E-state index in [1.165, 1.54) is 0 Å². The highest BCUT2D eigenvalue weighted by atomic mass is 32.7. The maximum atomic E-state index is 11.1. The lowest BCUT2D eigenvalue weighted by Crippen LogP contribution is -2.29. The van der Waals surface area contributed by atoms with E-state index in [2.05, 4.69) is 12.2 Å². The normalized spacial score (nSPS) is 34.2. The van der Waals surface area contributed by atoms with E-state index in [1.807, 2.05) is 21.7 Å². The van der Waals surface area contributed by atoms with E-state index in [0.29, 0.717) is 13.0 Å². The van der Waals surface area contributed by atoms with Gasteiger partial charge in [0.05, 0.1) is 18.8 Å². The molecule has 1 aliphatic heterocycles. The zero-order chi connectivity index (χ0) is 12.3. The lowest BCUT2D eigenvalue weighted by molar-refractivity contribution is -0.0421. The Balaban J connectivity index is 2.49. The Labute approximate surface area is 102 Å². The minimum atomic E-state index is -3.77. The van der Waals surface area contributed by atoms with E-state index in [0.717, 1.165) is 0 Å². The highest BCUT2D eigenvalue weighted by molar-refractivity contribution is 8.44. The maximum absolute atomic E-state index is 11.1. The molecule has 0 radical (unpaired) electrons. The van der Waals surface area contributed by atoms with Gasteiger partial charge in [0.2, 0.25) is 0 Å². The van der Waals surface area contributed by atoms with Crippen LogP contribution in [0.25, 0.3) is 0 Å². The molecule has 16 heavy (non-hydrogen) atoms. The van der Waals surface area contributed by atoms with Gasteiger partial charge >= 0.3 is 6.80 Å². The molecular weight excluding hydrogens is 250 g/mol. The third kappa shape index (κ3) is 5.21. The van der Waals surface area contributed by atoms with Crippen molar-refractivity contribution in [3.8, 4) is 0 Å². The summed E-state index contributed by atoms with van der Waals surface area (Å²) in [7, 11) is 1.90. The van der Waals surface area contributed by atoms with Crippen LogP contribution in [-0.2, 0) is 18.6 Å². The summed E-state index contributed by atoms with van der Waals surface area (Å²) in [5, 5.41) is 0. The quantitative estimate of drug-likeness (QED) is 0.433. The molecule has 1 saturated heterocycles. The minimum Gasteiger partial charge on any atom is -0.379 e. The smallest absolute Gasteiger partial charge is 0.379 e. The predicted octanol–water partition coefficient (Wildman–Crippen LogP) is 0.575. The standard InChI is InChI=1S/C8H18BO5PS/c1-5(2)12-4-7-6(3-8(9)13-7)14-15(10,11)16/h5-8H,3-4,9H2,1-2H3,(H2,10,11,16). The highest BCUT2D eigenvalue weighted by Crippen LogP contribution is 2.50. The van der Waals surface area contributed by atoms with Gasteiger partial charge in [-0.2, -0.15) is 0 Å². The summed E-state index contributed by atoms with van der Waals surface area (Å²) >= 11 is 3.50. The van der Waals surface area contributed by atoms with Crippen molar-refractivity contribution in [3.63, 3.8) is 0 Å². The minimum absolute atomic E-state index is 0.00523. The van der Waals surface area contributed by atoms with Crippen molar-refractivity contribution in [1.82, 2.24) is 0 Å². The summed E-state index contributed by atoms with van der Waals surface area (Å²) in [4.78, 5) is 9.06. The van der Waals surface area contributed by atoms with Crippen LogP contribution in [0.5, 0.6) is 0 Å². The lowest BCUT2D eigenvalue weighted by atomic mass is 9.96. The molecule has 1 aliphatic rings. The van der Waals surface area contributed by atoms with Gasteiger partial charge in [-0.15, -0.1) is 0 Å². The van der Waals surface area contributed by atoms with Crippen molar-refractivity contribution in [2.45, 2.75) is 44.6 Å². The average molecular weight is 268 g/mol. The summed E-state index contributed by atoms with van der Waals surface area (Å²) in [6.07, 6.45) is -0.0544. The van der Waals surface area contributed by atoms with Crippen molar-refractivity contribution in [3.05, 3.63) is 0 Å². The summed E-state index contributed by atoms with van der Waals surface area (Å²) in [6.45, 7) is 0.435. The van der Waals surface area contributed by atoms with Gasteiger partial charge in [0.15, 0.2) is 0 Å². The number of thiol groups is 1. The molecule has 0 saturated carbocycles. The van der Waals surface area contributed by atoms with Crippen LogP contribution < -0.4 is 0 Å². The third-order valence-corrected chi connectivity index (χ3v) is 3.08. The molecule has 0 amide bonds. The first-order chi connectivity index (χ1) is 7.28. The van der Waals surface area contributed by atoms with Crippen LogP contribution in [0.15, 0.2) is 0 Å². The summed E-state index contributed by atoms with van der Waals surface area (Å²) in [5.74, 6) is 0. The van der Waals surface area contributed by atoms with Gasteiger partial charge in [-0.1, -0.05) is 12.2 Å². The van der Waals surface area contributed by atoms with E-state index >= 15 is 0 Å². The maximum Gasteiger partial charge on any atom is 0.383 e. The van der Waals surface area contributed by atoms with Gasteiger partial charge in [0.25, 0.3) is 0 Å². The van der Waals surface area contributed by atoms with Gasteiger partial charge in [-0.05, 0) is 20.3 Å². The second-order valence-corrected chi connectivity index (χ2v) is 6.95. The molecule has 94 valence electrons. The Hall–Kier alpha value is 0.485. The van der Waals surface area contributed by atoms with Crippen LogP contribution in [0.1, 0.15) is 20.3 Å². The van der Waals surface area contributed by atoms with Crippen molar-refractivity contribution in [2.24, 2.45) is 0 Å². The fourth-order valence-corrected chi connectivity index (χ4v) is 2.58. The summed E-state index contributed by atoms with van der Waals surface area (Å²) in [6, 6.07) is 0.00523. The number of hydrogen-bond donors (Lipinski definition) is 2.